The van der Waals surface area contributed by atoms with Crippen molar-refractivity contribution in [3.63, 3.8) is 0 Å². The van der Waals surface area contributed by atoms with Gasteiger partial charge >= 0.3 is 0 Å². The van der Waals surface area contributed by atoms with Gasteiger partial charge in [0.1, 0.15) is 6.10 Å². The van der Waals surface area contributed by atoms with E-state index in [1.54, 1.807) is 7.11 Å². The highest BCUT2D eigenvalue weighted by Crippen LogP contribution is 2.20. The quantitative estimate of drug-likeness (QED) is 0.376. The molecule has 0 saturated carbocycles. The van der Waals surface area contributed by atoms with Crippen LogP contribution < -0.4 is 11.1 Å². The number of nitrogens with zero attached hydrogens (tertiary/aromatic N) is 1. The van der Waals surface area contributed by atoms with Crippen LogP contribution in [0, 0.1) is 0 Å². The highest BCUT2D eigenvalue weighted by atomic mass is 127. The second-order valence-electron chi connectivity index (χ2n) is 5.17. The zero-order valence-corrected chi connectivity index (χ0v) is 16.7. The Morgan fingerprint density at radius 1 is 1.21 bits per heavy atom. The smallest absolute Gasteiger partial charge is 0.188 e. The first-order valence-electron chi connectivity index (χ1n) is 7.55. The molecule has 24 heavy (non-hydrogen) atoms. The lowest BCUT2D eigenvalue weighted by Gasteiger charge is -2.14. The van der Waals surface area contributed by atoms with Crippen LogP contribution in [0.4, 0.5) is 0 Å². The van der Waals surface area contributed by atoms with Crippen LogP contribution in [0.15, 0.2) is 59.6 Å². The highest BCUT2D eigenvalue weighted by molar-refractivity contribution is 14.0. The maximum absolute atomic E-state index is 6.01. The van der Waals surface area contributed by atoms with Crippen molar-refractivity contribution in [3.8, 4) is 0 Å². The van der Waals surface area contributed by atoms with Gasteiger partial charge in [-0.05, 0) is 29.7 Å². The molecule has 130 valence electrons. The fourth-order valence-electron chi connectivity index (χ4n) is 2.24. The van der Waals surface area contributed by atoms with Gasteiger partial charge in [-0.25, -0.2) is 0 Å². The molecule has 0 amide bonds. The van der Waals surface area contributed by atoms with Crippen molar-refractivity contribution in [2.45, 2.75) is 12.5 Å². The minimum Gasteiger partial charge on any atom is -0.375 e. The lowest BCUT2D eigenvalue weighted by molar-refractivity contribution is 0.111. The molecule has 6 heteroatoms. The fraction of sp³-hybridized carbons (Fsp3) is 0.278. The number of aliphatic imine (C=N–C) groups is 1. The number of ether oxygens (including phenoxy) is 1. The molecule has 0 spiro atoms. The average Bonchev–Trinajstić information content (AvgIpc) is 2.56. The van der Waals surface area contributed by atoms with Gasteiger partial charge in [0.05, 0.1) is 6.54 Å². The van der Waals surface area contributed by atoms with E-state index in [2.05, 4.69) is 22.4 Å². The van der Waals surface area contributed by atoms with E-state index < -0.39 is 0 Å². The molecule has 0 saturated heterocycles. The van der Waals surface area contributed by atoms with Crippen molar-refractivity contribution in [2.24, 2.45) is 10.7 Å². The largest absolute Gasteiger partial charge is 0.375 e. The molecule has 2 aromatic rings. The zero-order chi connectivity index (χ0) is 16.5. The van der Waals surface area contributed by atoms with Gasteiger partial charge in [-0.15, -0.1) is 24.0 Å². The topological polar surface area (TPSA) is 59.6 Å². The number of hydrogen-bond donors (Lipinski definition) is 2. The summed E-state index contributed by atoms with van der Waals surface area (Å²) >= 11 is 6.01. The van der Waals surface area contributed by atoms with Crippen LogP contribution in [-0.2, 0) is 11.2 Å². The minimum absolute atomic E-state index is 0. The molecule has 2 aromatic carbocycles. The van der Waals surface area contributed by atoms with Crippen LogP contribution in [0.1, 0.15) is 17.2 Å². The molecule has 0 aliphatic heterocycles. The molecular formula is C18H23ClIN3O. The van der Waals surface area contributed by atoms with Gasteiger partial charge in [0.25, 0.3) is 0 Å². The van der Waals surface area contributed by atoms with Crippen molar-refractivity contribution in [3.05, 3.63) is 70.7 Å². The molecule has 1 atom stereocenters. The lowest BCUT2D eigenvalue weighted by atomic mass is 10.1. The minimum atomic E-state index is -0.164. The van der Waals surface area contributed by atoms with Crippen molar-refractivity contribution < 1.29 is 4.74 Å². The van der Waals surface area contributed by atoms with Gasteiger partial charge in [-0.1, -0.05) is 54.1 Å². The number of benzene rings is 2. The fourth-order valence-corrected chi connectivity index (χ4v) is 2.44. The lowest BCUT2D eigenvalue weighted by Crippen LogP contribution is -2.33. The van der Waals surface area contributed by atoms with Crippen LogP contribution in [-0.4, -0.2) is 26.2 Å². The molecule has 0 aromatic heterocycles. The van der Waals surface area contributed by atoms with E-state index in [9.17, 15) is 0 Å². The molecule has 0 heterocycles. The summed E-state index contributed by atoms with van der Waals surface area (Å²) in [4.78, 5) is 4.35. The van der Waals surface area contributed by atoms with Gasteiger partial charge in [0.2, 0.25) is 0 Å². The third-order valence-corrected chi connectivity index (χ3v) is 3.73. The van der Waals surface area contributed by atoms with E-state index in [-0.39, 0.29) is 30.1 Å². The molecule has 4 nitrogen and oxygen atoms in total. The van der Waals surface area contributed by atoms with Gasteiger partial charge in [-0.2, -0.15) is 0 Å². The highest BCUT2D eigenvalue weighted by Gasteiger charge is 2.10. The normalized spacial score (nSPS) is 12.3. The van der Waals surface area contributed by atoms with Gasteiger partial charge in [-0.3, -0.25) is 4.99 Å². The van der Waals surface area contributed by atoms with Crippen LogP contribution in [0.25, 0.3) is 0 Å². The Labute approximate surface area is 165 Å². The first-order valence-corrected chi connectivity index (χ1v) is 7.93. The van der Waals surface area contributed by atoms with E-state index >= 15 is 0 Å². The Bertz CT molecular complexity index is 637. The van der Waals surface area contributed by atoms with Crippen molar-refractivity contribution in [1.82, 2.24) is 5.32 Å². The summed E-state index contributed by atoms with van der Waals surface area (Å²) in [5.74, 6) is 0.421. The molecule has 0 aliphatic rings. The Morgan fingerprint density at radius 3 is 2.62 bits per heavy atom. The Morgan fingerprint density at radius 2 is 1.96 bits per heavy atom. The molecule has 0 fully saturated rings. The first-order chi connectivity index (χ1) is 11.2. The molecule has 0 aliphatic carbocycles. The SMILES string of the molecule is COC(CN=C(N)NCCc1ccccc1)c1cccc(Cl)c1.I. The van der Waals surface area contributed by atoms with Crippen molar-refractivity contribution in [1.29, 1.82) is 0 Å². The second kappa shape index (κ2) is 11.3. The standard InChI is InChI=1S/C18H22ClN3O.HI/c1-23-17(15-8-5-9-16(19)12-15)13-22-18(20)21-11-10-14-6-3-2-4-7-14;/h2-9,12,17H,10-11,13H2,1H3,(H3,20,21,22);1H. The summed E-state index contributed by atoms with van der Waals surface area (Å²) in [6.45, 7) is 1.19. The first kappa shape index (κ1) is 20.7. The predicted octanol–water partition coefficient (Wildman–Crippen LogP) is 3.79. The van der Waals surface area contributed by atoms with Crippen LogP contribution in [0.5, 0.6) is 0 Å². The summed E-state index contributed by atoms with van der Waals surface area (Å²) in [6.07, 6.45) is 0.738. The molecule has 0 bridgehead atoms. The van der Waals surface area contributed by atoms with Crippen LogP contribution in [0.3, 0.4) is 0 Å². The zero-order valence-electron chi connectivity index (χ0n) is 13.6. The summed E-state index contributed by atoms with van der Waals surface area (Å²) in [6, 6.07) is 17.8. The van der Waals surface area contributed by atoms with Gasteiger partial charge in [0, 0.05) is 18.7 Å². The Balaban J connectivity index is 0.00000288. The molecular weight excluding hydrogens is 437 g/mol. The second-order valence-corrected chi connectivity index (χ2v) is 5.60. The number of methoxy groups -OCH3 is 1. The number of nitrogens with one attached hydrogen (secondary N) is 1. The van der Waals surface area contributed by atoms with Crippen molar-refractivity contribution in [2.75, 3.05) is 20.2 Å². The third-order valence-electron chi connectivity index (χ3n) is 3.50. The molecule has 1 unspecified atom stereocenters. The predicted molar refractivity (Wildman–Crippen MR) is 111 cm³/mol. The molecule has 0 radical (unpaired) electrons. The van der Waals surface area contributed by atoms with Crippen LogP contribution >= 0.6 is 35.6 Å². The monoisotopic (exact) mass is 459 g/mol. The number of rotatable bonds is 7. The number of nitrogens with two attached hydrogens (primary N) is 1. The van der Waals surface area contributed by atoms with Crippen molar-refractivity contribution >= 4 is 41.5 Å². The van der Waals surface area contributed by atoms with E-state index in [0.717, 1.165) is 18.5 Å². The van der Waals surface area contributed by atoms with E-state index in [0.29, 0.717) is 17.5 Å². The maximum atomic E-state index is 6.01. The van der Waals surface area contributed by atoms with Gasteiger partial charge in [0.15, 0.2) is 5.96 Å². The van der Waals surface area contributed by atoms with E-state index in [4.69, 9.17) is 22.1 Å². The van der Waals surface area contributed by atoms with Gasteiger partial charge < -0.3 is 15.8 Å². The summed E-state index contributed by atoms with van der Waals surface area (Å²) in [7, 11) is 1.65. The average molecular weight is 460 g/mol. The number of hydrogen-bond acceptors (Lipinski definition) is 2. The summed E-state index contributed by atoms with van der Waals surface area (Å²) < 4.78 is 5.47. The van der Waals surface area contributed by atoms with E-state index in [1.807, 2.05) is 42.5 Å². The third kappa shape index (κ3) is 7.07. The molecule has 3 N–H and O–H groups in total. The maximum Gasteiger partial charge on any atom is 0.188 e. The summed E-state index contributed by atoms with van der Waals surface area (Å²) in [5, 5.41) is 3.80. The Hall–Kier alpha value is -1.31. The van der Waals surface area contributed by atoms with Crippen LogP contribution in [0.2, 0.25) is 5.02 Å². The number of halogens is 2. The Kier molecular flexibility index (Phi) is 9.75. The number of guanidine groups is 1. The van der Waals surface area contributed by atoms with E-state index in [1.165, 1.54) is 5.56 Å². The molecule has 2 rings (SSSR count). The summed E-state index contributed by atoms with van der Waals surface area (Å²) in [5.41, 5.74) is 8.16.